The summed E-state index contributed by atoms with van der Waals surface area (Å²) < 4.78 is 10.5. The van der Waals surface area contributed by atoms with Crippen molar-refractivity contribution >= 4 is 6.08 Å². The highest BCUT2D eigenvalue weighted by atomic mass is 16.5. The van der Waals surface area contributed by atoms with Gasteiger partial charge in [0.25, 0.3) is 0 Å². The van der Waals surface area contributed by atoms with Crippen LogP contribution in [0.3, 0.4) is 0 Å². The van der Waals surface area contributed by atoms with E-state index in [1.807, 2.05) is 12.5 Å². The van der Waals surface area contributed by atoms with Crippen molar-refractivity contribution in [3.63, 3.8) is 0 Å². The van der Waals surface area contributed by atoms with E-state index in [-0.39, 0.29) is 0 Å². The van der Waals surface area contributed by atoms with Crippen LogP contribution in [0.5, 0.6) is 0 Å². The zero-order chi connectivity index (χ0) is 7.97. The predicted molar refractivity (Wildman–Crippen MR) is 44.7 cm³/mol. The minimum absolute atomic E-state index is 0.620. The molecule has 0 amide bonds. The lowest BCUT2D eigenvalue weighted by Gasteiger charge is -2.14. The molecule has 2 heteroatoms. The molecule has 2 nitrogen and oxygen atoms in total. The van der Waals surface area contributed by atoms with Crippen molar-refractivity contribution in [2.45, 2.75) is 6.42 Å². The number of hydrogen-bond acceptors (Lipinski definition) is 2. The molecule has 62 valence electrons. The number of furan rings is 1. The van der Waals surface area contributed by atoms with Crippen molar-refractivity contribution in [1.29, 1.82) is 0 Å². The summed E-state index contributed by atoms with van der Waals surface area (Å²) in [5, 5.41) is 0. The number of rotatable bonds is 0. The second-order valence-electron chi connectivity index (χ2n) is 3.49. The fourth-order valence-corrected chi connectivity index (χ4v) is 1.98. The highest BCUT2D eigenvalue weighted by Gasteiger charge is 2.26. The van der Waals surface area contributed by atoms with E-state index in [9.17, 15) is 0 Å². The zero-order valence-corrected chi connectivity index (χ0v) is 6.75. The lowest BCUT2D eigenvalue weighted by atomic mass is 9.88. The molecule has 0 N–H and O–H groups in total. The topological polar surface area (TPSA) is 22.4 Å². The average Bonchev–Trinajstić information content (AvgIpc) is 2.64. The molecule has 1 aromatic rings. The van der Waals surface area contributed by atoms with Crippen LogP contribution >= 0.6 is 0 Å². The van der Waals surface area contributed by atoms with Crippen molar-refractivity contribution in [1.82, 2.24) is 0 Å². The summed E-state index contributed by atoms with van der Waals surface area (Å²) in [5.41, 5.74) is 4.00. The van der Waals surface area contributed by atoms with Crippen LogP contribution < -0.4 is 0 Å². The van der Waals surface area contributed by atoms with Crippen molar-refractivity contribution < 1.29 is 9.15 Å². The molecule has 3 rings (SSSR count). The molecule has 1 aromatic heterocycles. The Kier molecular flexibility index (Phi) is 1.21. The maximum atomic E-state index is 5.39. The lowest BCUT2D eigenvalue weighted by Crippen LogP contribution is -2.09. The Morgan fingerprint density at radius 2 is 2.33 bits per heavy atom. The summed E-state index contributed by atoms with van der Waals surface area (Å²) in [6.07, 6.45) is 6.97. The molecular weight excluding hydrogens is 152 g/mol. The third-order valence-electron chi connectivity index (χ3n) is 2.70. The summed E-state index contributed by atoms with van der Waals surface area (Å²) in [4.78, 5) is 0. The maximum absolute atomic E-state index is 5.39. The zero-order valence-electron chi connectivity index (χ0n) is 6.75. The lowest BCUT2D eigenvalue weighted by molar-refractivity contribution is 0.188. The van der Waals surface area contributed by atoms with Crippen LogP contribution in [0, 0.1) is 5.92 Å². The van der Waals surface area contributed by atoms with E-state index in [1.54, 1.807) is 0 Å². The highest BCUT2D eigenvalue weighted by molar-refractivity contribution is 5.59. The average molecular weight is 162 g/mol. The van der Waals surface area contributed by atoms with Gasteiger partial charge < -0.3 is 9.15 Å². The van der Waals surface area contributed by atoms with Gasteiger partial charge in [0.05, 0.1) is 25.7 Å². The highest BCUT2D eigenvalue weighted by Crippen LogP contribution is 2.32. The van der Waals surface area contributed by atoms with Gasteiger partial charge in [0.1, 0.15) is 0 Å². The Morgan fingerprint density at radius 3 is 3.33 bits per heavy atom. The van der Waals surface area contributed by atoms with Crippen LogP contribution in [0.15, 0.2) is 22.5 Å². The van der Waals surface area contributed by atoms with Crippen LogP contribution in [0.2, 0.25) is 0 Å². The van der Waals surface area contributed by atoms with E-state index >= 15 is 0 Å². The molecule has 0 spiro atoms. The minimum Gasteiger partial charge on any atom is -0.472 e. The molecule has 1 aliphatic carbocycles. The van der Waals surface area contributed by atoms with Gasteiger partial charge >= 0.3 is 0 Å². The van der Waals surface area contributed by atoms with Crippen LogP contribution in [-0.2, 0) is 11.2 Å². The van der Waals surface area contributed by atoms with E-state index in [0.29, 0.717) is 5.92 Å². The molecule has 0 saturated carbocycles. The molecule has 2 heterocycles. The summed E-state index contributed by atoms with van der Waals surface area (Å²) >= 11 is 0. The molecule has 1 saturated heterocycles. The summed E-state index contributed by atoms with van der Waals surface area (Å²) in [6.45, 7) is 1.70. The number of ether oxygens (including phenoxy) is 1. The van der Waals surface area contributed by atoms with Gasteiger partial charge in [-0.05, 0) is 23.6 Å². The first kappa shape index (κ1) is 6.49. The molecule has 2 aliphatic rings. The predicted octanol–water partition coefficient (Wildman–Crippen LogP) is 1.87. The molecule has 1 unspecified atom stereocenters. The van der Waals surface area contributed by atoms with E-state index < -0.39 is 0 Å². The Balaban J connectivity index is 2.09. The molecule has 0 bridgehead atoms. The normalized spacial score (nSPS) is 26.3. The van der Waals surface area contributed by atoms with Gasteiger partial charge in [-0.1, -0.05) is 0 Å². The molecular formula is C10H10O2. The second-order valence-corrected chi connectivity index (χ2v) is 3.49. The third-order valence-corrected chi connectivity index (χ3v) is 2.70. The van der Waals surface area contributed by atoms with Crippen LogP contribution in [0.25, 0.3) is 6.08 Å². The Labute approximate surface area is 70.8 Å². The molecule has 0 radical (unpaired) electrons. The van der Waals surface area contributed by atoms with E-state index in [0.717, 1.165) is 19.6 Å². The van der Waals surface area contributed by atoms with Gasteiger partial charge in [-0.25, -0.2) is 0 Å². The number of hydrogen-bond donors (Lipinski definition) is 0. The van der Waals surface area contributed by atoms with Crippen LogP contribution in [-0.4, -0.2) is 13.2 Å². The van der Waals surface area contributed by atoms with E-state index in [1.165, 1.54) is 16.7 Å². The van der Waals surface area contributed by atoms with Gasteiger partial charge in [-0.3, -0.25) is 0 Å². The Bertz CT molecular complexity index is 335. The molecule has 1 atom stereocenters. The van der Waals surface area contributed by atoms with Gasteiger partial charge in [-0.2, -0.15) is 0 Å². The molecule has 0 aromatic carbocycles. The first-order valence-electron chi connectivity index (χ1n) is 4.27. The maximum Gasteiger partial charge on any atom is 0.0977 e. The SMILES string of the molecule is C1=C2COCC2Cc2cocc21. The van der Waals surface area contributed by atoms with Gasteiger partial charge in [0.2, 0.25) is 0 Å². The third kappa shape index (κ3) is 0.786. The van der Waals surface area contributed by atoms with Gasteiger partial charge in [0, 0.05) is 11.5 Å². The summed E-state index contributed by atoms with van der Waals surface area (Å²) in [6, 6.07) is 0. The quantitative estimate of drug-likeness (QED) is 0.581. The molecule has 1 fully saturated rings. The Hall–Kier alpha value is -1.02. The van der Waals surface area contributed by atoms with Gasteiger partial charge in [-0.15, -0.1) is 0 Å². The second kappa shape index (κ2) is 2.23. The summed E-state index contributed by atoms with van der Waals surface area (Å²) in [7, 11) is 0. The van der Waals surface area contributed by atoms with Crippen molar-refractivity contribution in [3.05, 3.63) is 29.2 Å². The fourth-order valence-electron chi connectivity index (χ4n) is 1.98. The van der Waals surface area contributed by atoms with Gasteiger partial charge in [0.15, 0.2) is 0 Å². The van der Waals surface area contributed by atoms with Crippen molar-refractivity contribution in [2.24, 2.45) is 5.92 Å². The first-order chi connectivity index (χ1) is 5.93. The fraction of sp³-hybridized carbons (Fsp3) is 0.400. The largest absolute Gasteiger partial charge is 0.472 e. The van der Waals surface area contributed by atoms with Crippen molar-refractivity contribution in [3.8, 4) is 0 Å². The smallest absolute Gasteiger partial charge is 0.0977 e. The molecule has 1 aliphatic heterocycles. The monoisotopic (exact) mass is 162 g/mol. The van der Waals surface area contributed by atoms with Crippen molar-refractivity contribution in [2.75, 3.05) is 13.2 Å². The Morgan fingerprint density at radius 1 is 1.33 bits per heavy atom. The van der Waals surface area contributed by atoms with Crippen LogP contribution in [0.1, 0.15) is 11.1 Å². The minimum atomic E-state index is 0.620. The van der Waals surface area contributed by atoms with E-state index in [4.69, 9.17) is 9.15 Å². The van der Waals surface area contributed by atoms with E-state index in [2.05, 4.69) is 6.08 Å². The first-order valence-corrected chi connectivity index (χ1v) is 4.27. The standard InChI is InChI=1S/C10H10O2/c1-7-3-11-5-9(7)2-10-6-12-4-8(1)10/h1,3,5,10H,2,4,6H2. The molecule has 12 heavy (non-hydrogen) atoms. The summed E-state index contributed by atoms with van der Waals surface area (Å²) in [5.74, 6) is 0.620. The number of fused-ring (bicyclic) bond motifs is 2. The van der Waals surface area contributed by atoms with Crippen LogP contribution in [0.4, 0.5) is 0 Å².